The van der Waals surface area contributed by atoms with Crippen molar-refractivity contribution in [2.75, 3.05) is 6.79 Å². The van der Waals surface area contributed by atoms with Crippen LogP contribution in [-0.4, -0.2) is 18.1 Å². The van der Waals surface area contributed by atoms with E-state index in [2.05, 4.69) is 4.74 Å². The molecule has 0 saturated carbocycles. The molecule has 6 heavy (non-hydrogen) atoms. The number of hydrogen-bond donors (Lipinski definition) is 2. The number of aliphatic hydroxyl groups is 1. The topological polar surface area (TPSA) is 55.5 Å². The molecule has 0 amide bonds. The van der Waals surface area contributed by atoms with Crippen LogP contribution in [0.1, 0.15) is 6.92 Å². The lowest BCUT2D eigenvalue weighted by atomic mass is 10.7. The van der Waals surface area contributed by atoms with Gasteiger partial charge in [0.25, 0.3) is 0 Å². The van der Waals surface area contributed by atoms with Crippen LogP contribution >= 0.6 is 0 Å². The molecule has 1 unspecified atom stereocenters. The van der Waals surface area contributed by atoms with Gasteiger partial charge in [-0.15, -0.1) is 0 Å². The van der Waals surface area contributed by atoms with E-state index in [1.54, 1.807) is 6.92 Å². The van der Waals surface area contributed by atoms with Crippen LogP contribution in [0.3, 0.4) is 0 Å². The number of hydrogen-bond acceptors (Lipinski definition) is 3. The van der Waals surface area contributed by atoms with Crippen molar-refractivity contribution in [3.63, 3.8) is 0 Å². The maximum atomic E-state index is 7.93. The molecule has 0 fully saturated rings. The van der Waals surface area contributed by atoms with Crippen LogP contribution < -0.4 is 5.73 Å². The average molecular weight is 91.1 g/mol. The van der Waals surface area contributed by atoms with Gasteiger partial charge in [0.15, 0.2) is 0 Å². The second-order valence-corrected chi connectivity index (χ2v) is 1.00. The molecule has 0 bridgehead atoms. The van der Waals surface area contributed by atoms with E-state index in [0.717, 1.165) is 0 Å². The van der Waals surface area contributed by atoms with Gasteiger partial charge in [-0.25, -0.2) is 0 Å². The molecule has 0 aliphatic heterocycles. The Balaban J connectivity index is 2.63. The van der Waals surface area contributed by atoms with Crippen LogP contribution in [-0.2, 0) is 4.74 Å². The van der Waals surface area contributed by atoms with Gasteiger partial charge in [-0.2, -0.15) is 0 Å². The third-order valence-electron chi connectivity index (χ3n) is 0.337. The smallest absolute Gasteiger partial charge is 0.145 e. The monoisotopic (exact) mass is 91.1 g/mol. The fraction of sp³-hybridized carbons (Fsp3) is 1.00. The van der Waals surface area contributed by atoms with E-state index in [-0.39, 0.29) is 13.0 Å². The molecule has 3 N–H and O–H groups in total. The zero-order valence-electron chi connectivity index (χ0n) is 3.72. The lowest BCUT2D eigenvalue weighted by Crippen LogP contribution is -2.19. The van der Waals surface area contributed by atoms with Crippen molar-refractivity contribution in [2.24, 2.45) is 5.73 Å². The van der Waals surface area contributed by atoms with Gasteiger partial charge < -0.3 is 15.6 Å². The molecule has 38 valence electrons. The van der Waals surface area contributed by atoms with Gasteiger partial charge in [0.2, 0.25) is 0 Å². The maximum absolute atomic E-state index is 7.93. The van der Waals surface area contributed by atoms with E-state index in [9.17, 15) is 0 Å². The first-order valence-electron chi connectivity index (χ1n) is 1.75. The van der Waals surface area contributed by atoms with E-state index < -0.39 is 0 Å². The highest BCUT2D eigenvalue weighted by atomic mass is 16.6. The number of rotatable bonds is 2. The summed E-state index contributed by atoms with van der Waals surface area (Å²) in [4.78, 5) is 0. The van der Waals surface area contributed by atoms with Crippen LogP contribution in [0.15, 0.2) is 0 Å². The van der Waals surface area contributed by atoms with Crippen molar-refractivity contribution in [3.05, 3.63) is 0 Å². The minimum Gasteiger partial charge on any atom is -0.371 e. The highest BCUT2D eigenvalue weighted by Crippen LogP contribution is 1.72. The molecule has 0 saturated heterocycles. The van der Waals surface area contributed by atoms with Crippen LogP contribution in [0, 0.1) is 0 Å². The minimum atomic E-state index is -0.352. The van der Waals surface area contributed by atoms with Gasteiger partial charge in [0, 0.05) is 0 Å². The quantitative estimate of drug-likeness (QED) is 0.440. The molecule has 0 rings (SSSR count). The number of nitrogens with two attached hydrogens (primary N) is 1. The van der Waals surface area contributed by atoms with Gasteiger partial charge in [0.05, 0.1) is 0 Å². The predicted octanol–water partition coefficient (Wildman–Crippen LogP) is -0.743. The van der Waals surface area contributed by atoms with Crippen molar-refractivity contribution >= 4 is 0 Å². The van der Waals surface area contributed by atoms with Gasteiger partial charge >= 0.3 is 0 Å². The number of aliphatic hydroxyl groups excluding tert-OH is 1. The molecule has 0 aromatic carbocycles. The van der Waals surface area contributed by atoms with Crippen LogP contribution in [0.5, 0.6) is 0 Å². The summed E-state index contributed by atoms with van der Waals surface area (Å²) in [6.45, 7) is 1.36. The van der Waals surface area contributed by atoms with E-state index in [0.29, 0.717) is 0 Å². The molecule has 0 heterocycles. The highest BCUT2D eigenvalue weighted by molar-refractivity contribution is 4.24. The largest absolute Gasteiger partial charge is 0.371 e. The molecule has 3 nitrogen and oxygen atoms in total. The Morgan fingerprint density at radius 3 is 2.50 bits per heavy atom. The van der Waals surface area contributed by atoms with E-state index in [4.69, 9.17) is 10.8 Å². The van der Waals surface area contributed by atoms with Crippen molar-refractivity contribution in [3.8, 4) is 0 Å². The van der Waals surface area contributed by atoms with Crippen LogP contribution in [0.4, 0.5) is 0 Å². The van der Waals surface area contributed by atoms with Crippen LogP contribution in [0.2, 0.25) is 0 Å². The Morgan fingerprint density at radius 2 is 2.50 bits per heavy atom. The Morgan fingerprint density at radius 1 is 2.00 bits per heavy atom. The van der Waals surface area contributed by atoms with Crippen LogP contribution in [0.25, 0.3) is 0 Å². The average Bonchev–Trinajstić information content (AvgIpc) is 1.35. The summed E-state index contributed by atoms with van der Waals surface area (Å²) in [5, 5.41) is 7.93. The fourth-order valence-corrected chi connectivity index (χ4v) is 0.118. The molecule has 0 aromatic heterocycles. The van der Waals surface area contributed by atoms with Crippen molar-refractivity contribution in [1.29, 1.82) is 0 Å². The summed E-state index contributed by atoms with van der Waals surface area (Å²) in [5.74, 6) is 0. The second-order valence-electron chi connectivity index (χ2n) is 1.00. The summed E-state index contributed by atoms with van der Waals surface area (Å²) in [6.07, 6.45) is -0.352. The zero-order valence-corrected chi connectivity index (χ0v) is 3.72. The van der Waals surface area contributed by atoms with Gasteiger partial charge in [-0.05, 0) is 6.92 Å². The Hall–Kier alpha value is -0.120. The molecule has 0 spiro atoms. The van der Waals surface area contributed by atoms with E-state index in [1.807, 2.05) is 0 Å². The first-order chi connectivity index (χ1) is 2.77. The summed E-state index contributed by atoms with van der Waals surface area (Å²) < 4.78 is 4.38. The first kappa shape index (κ1) is 5.88. The summed E-state index contributed by atoms with van der Waals surface area (Å²) in [7, 11) is 0. The molecular formula is C3H9NO2. The SMILES string of the molecule is CC(N)OCO. The first-order valence-corrected chi connectivity index (χ1v) is 1.75. The Kier molecular flexibility index (Phi) is 3.02. The normalized spacial score (nSPS) is 14.5. The zero-order chi connectivity index (χ0) is 4.99. The third kappa shape index (κ3) is 3.88. The van der Waals surface area contributed by atoms with Crippen molar-refractivity contribution in [1.82, 2.24) is 0 Å². The molecule has 1 atom stereocenters. The molecule has 3 heteroatoms. The standard InChI is InChI=1S/C3H9NO2/c1-3(4)6-2-5/h3,5H,2,4H2,1H3. The molecule has 0 radical (unpaired) electrons. The molecule has 0 aromatic rings. The van der Waals surface area contributed by atoms with Gasteiger partial charge in [-0.1, -0.05) is 0 Å². The molecule has 0 aliphatic carbocycles. The predicted molar refractivity (Wildman–Crippen MR) is 21.8 cm³/mol. The van der Waals surface area contributed by atoms with E-state index >= 15 is 0 Å². The summed E-state index contributed by atoms with van der Waals surface area (Å²) in [5.41, 5.74) is 5.02. The number of ether oxygens (including phenoxy) is 1. The highest BCUT2D eigenvalue weighted by Gasteiger charge is 1.84. The summed E-state index contributed by atoms with van der Waals surface area (Å²) in [6, 6.07) is 0. The van der Waals surface area contributed by atoms with E-state index in [1.165, 1.54) is 0 Å². The fourth-order valence-electron chi connectivity index (χ4n) is 0.118. The van der Waals surface area contributed by atoms with Gasteiger partial charge in [-0.3, -0.25) is 0 Å². The van der Waals surface area contributed by atoms with Crippen molar-refractivity contribution in [2.45, 2.75) is 13.2 Å². The minimum absolute atomic E-state index is 0.294. The lowest BCUT2D eigenvalue weighted by molar-refractivity contribution is -0.0394. The lowest BCUT2D eigenvalue weighted by Gasteiger charge is -1.99. The second kappa shape index (κ2) is 3.08. The summed E-state index contributed by atoms with van der Waals surface area (Å²) >= 11 is 0. The Labute approximate surface area is 36.7 Å². The molecular weight excluding hydrogens is 82.0 g/mol. The van der Waals surface area contributed by atoms with Gasteiger partial charge in [0.1, 0.15) is 13.0 Å². The third-order valence-corrected chi connectivity index (χ3v) is 0.337. The van der Waals surface area contributed by atoms with Crippen molar-refractivity contribution < 1.29 is 9.84 Å². The maximum Gasteiger partial charge on any atom is 0.145 e. The molecule has 0 aliphatic rings. The Bertz CT molecular complexity index is 30.0.